The highest BCUT2D eigenvalue weighted by molar-refractivity contribution is 5.97. The highest BCUT2D eigenvalue weighted by Gasteiger charge is 2.52. The molecule has 1 atom stereocenters. The van der Waals surface area contributed by atoms with Crippen LogP contribution in [0.15, 0.2) is 24.3 Å². The number of rotatable bonds is 3. The van der Waals surface area contributed by atoms with Crippen molar-refractivity contribution < 1.29 is 14.3 Å². The maximum absolute atomic E-state index is 12.9. The number of amides is 1. The molecular formula is C18H21N5O3. The molecule has 26 heavy (non-hydrogen) atoms. The molecule has 8 heteroatoms. The summed E-state index contributed by atoms with van der Waals surface area (Å²) in [6, 6.07) is 7.32. The summed E-state index contributed by atoms with van der Waals surface area (Å²) >= 11 is 0. The van der Waals surface area contributed by atoms with Gasteiger partial charge in [-0.25, -0.2) is 0 Å². The van der Waals surface area contributed by atoms with Gasteiger partial charge in [-0.2, -0.15) is 4.68 Å². The Labute approximate surface area is 150 Å². The van der Waals surface area contributed by atoms with Crippen molar-refractivity contribution in [3.63, 3.8) is 0 Å². The summed E-state index contributed by atoms with van der Waals surface area (Å²) in [5.41, 5.74) is 0.785. The summed E-state index contributed by atoms with van der Waals surface area (Å²) in [5, 5.41) is 14.4. The fourth-order valence-corrected chi connectivity index (χ4v) is 4.04. The van der Waals surface area contributed by atoms with E-state index in [1.807, 2.05) is 24.3 Å². The average molecular weight is 355 g/mol. The van der Waals surface area contributed by atoms with E-state index in [0.717, 1.165) is 37.8 Å². The van der Waals surface area contributed by atoms with Crippen molar-refractivity contribution in [3.05, 3.63) is 30.1 Å². The minimum atomic E-state index is -0.622. The molecule has 136 valence electrons. The minimum absolute atomic E-state index is 0.150. The first-order chi connectivity index (χ1) is 12.6. The standard InChI is InChI=1S/C18H21N5O3/c1-12-20-21-22-23(12)14-7-5-6-13(10-14)19-17(25)15-11-16(24)26-18(15)8-3-2-4-9-18/h5-7,10,15H,2-4,8-9,11H2,1H3,(H,19,25). The number of benzene rings is 1. The number of nitrogens with one attached hydrogen (secondary N) is 1. The highest BCUT2D eigenvalue weighted by atomic mass is 16.6. The number of ether oxygens (including phenoxy) is 1. The van der Waals surface area contributed by atoms with Gasteiger partial charge in [0.15, 0.2) is 5.82 Å². The molecule has 1 aromatic carbocycles. The number of aryl methyl sites for hydroxylation is 1. The van der Waals surface area contributed by atoms with Gasteiger partial charge in [-0.3, -0.25) is 9.59 Å². The van der Waals surface area contributed by atoms with Gasteiger partial charge in [0.1, 0.15) is 5.60 Å². The molecule has 2 aromatic rings. The molecule has 1 saturated heterocycles. The Morgan fingerprint density at radius 2 is 2.12 bits per heavy atom. The highest BCUT2D eigenvalue weighted by Crippen LogP contribution is 2.44. The molecule has 1 N–H and O–H groups in total. The molecule has 1 amide bonds. The number of hydrogen-bond acceptors (Lipinski definition) is 6. The monoisotopic (exact) mass is 355 g/mol. The predicted octanol–water partition coefficient (Wildman–Crippen LogP) is 2.18. The zero-order chi connectivity index (χ0) is 18.1. The Morgan fingerprint density at radius 3 is 2.85 bits per heavy atom. The zero-order valence-electron chi connectivity index (χ0n) is 14.6. The average Bonchev–Trinajstić information content (AvgIpc) is 3.19. The Morgan fingerprint density at radius 1 is 1.31 bits per heavy atom. The number of nitrogens with zero attached hydrogens (tertiary/aromatic N) is 4. The van der Waals surface area contributed by atoms with Crippen LogP contribution in [0.4, 0.5) is 5.69 Å². The number of aromatic nitrogens is 4. The van der Waals surface area contributed by atoms with E-state index in [1.54, 1.807) is 11.6 Å². The third kappa shape index (κ3) is 2.95. The van der Waals surface area contributed by atoms with E-state index in [0.29, 0.717) is 11.5 Å². The van der Waals surface area contributed by atoms with E-state index >= 15 is 0 Å². The van der Waals surface area contributed by atoms with Crippen molar-refractivity contribution in [2.45, 2.75) is 51.0 Å². The van der Waals surface area contributed by atoms with Crippen LogP contribution in [0.25, 0.3) is 5.69 Å². The van der Waals surface area contributed by atoms with Crippen LogP contribution < -0.4 is 5.32 Å². The van der Waals surface area contributed by atoms with Crippen LogP contribution in [0.2, 0.25) is 0 Å². The molecule has 8 nitrogen and oxygen atoms in total. The molecule has 1 aliphatic heterocycles. The van der Waals surface area contributed by atoms with Crippen LogP contribution >= 0.6 is 0 Å². The second kappa shape index (κ2) is 6.51. The molecule has 1 aliphatic carbocycles. The molecule has 1 unspecified atom stereocenters. The van der Waals surface area contributed by atoms with E-state index in [1.165, 1.54) is 0 Å². The first kappa shape index (κ1) is 16.7. The van der Waals surface area contributed by atoms with E-state index in [-0.39, 0.29) is 18.3 Å². The molecule has 2 heterocycles. The summed E-state index contributed by atoms with van der Waals surface area (Å²) in [4.78, 5) is 24.8. The van der Waals surface area contributed by atoms with Gasteiger partial charge in [0.2, 0.25) is 5.91 Å². The second-order valence-corrected chi connectivity index (χ2v) is 7.03. The van der Waals surface area contributed by atoms with Crippen molar-refractivity contribution in [2.75, 3.05) is 5.32 Å². The van der Waals surface area contributed by atoms with Crippen LogP contribution in [0.3, 0.4) is 0 Å². The van der Waals surface area contributed by atoms with Crippen molar-refractivity contribution in [1.29, 1.82) is 0 Å². The van der Waals surface area contributed by atoms with E-state index in [4.69, 9.17) is 4.74 Å². The molecule has 2 fully saturated rings. The van der Waals surface area contributed by atoms with E-state index < -0.39 is 11.5 Å². The Kier molecular flexibility index (Phi) is 4.18. The number of esters is 1. The summed E-state index contributed by atoms with van der Waals surface area (Å²) in [5.74, 6) is -0.216. The zero-order valence-corrected chi connectivity index (χ0v) is 14.6. The van der Waals surface area contributed by atoms with Crippen molar-refractivity contribution in [3.8, 4) is 5.69 Å². The number of anilines is 1. The SMILES string of the molecule is Cc1nnnn1-c1cccc(NC(=O)C2CC(=O)OC23CCCCC3)c1. The third-order valence-corrected chi connectivity index (χ3v) is 5.32. The smallest absolute Gasteiger partial charge is 0.307 e. The fourth-order valence-electron chi connectivity index (χ4n) is 4.04. The first-order valence-corrected chi connectivity index (χ1v) is 8.95. The third-order valence-electron chi connectivity index (χ3n) is 5.32. The van der Waals surface area contributed by atoms with Gasteiger partial charge in [-0.05, 0) is 61.2 Å². The van der Waals surface area contributed by atoms with Gasteiger partial charge >= 0.3 is 5.97 Å². The lowest BCUT2D eigenvalue weighted by molar-refractivity contribution is -0.153. The maximum Gasteiger partial charge on any atom is 0.307 e. The Balaban J connectivity index is 1.54. The summed E-state index contributed by atoms with van der Waals surface area (Å²) in [6.45, 7) is 1.81. The van der Waals surface area contributed by atoms with Gasteiger partial charge in [-0.1, -0.05) is 12.5 Å². The van der Waals surface area contributed by atoms with Gasteiger partial charge in [-0.15, -0.1) is 5.10 Å². The lowest BCUT2D eigenvalue weighted by Crippen LogP contribution is -2.43. The molecule has 1 spiro atoms. The van der Waals surface area contributed by atoms with Gasteiger partial charge in [0.25, 0.3) is 0 Å². The van der Waals surface area contributed by atoms with Crippen molar-refractivity contribution in [2.24, 2.45) is 5.92 Å². The Bertz CT molecular complexity index is 841. The molecular weight excluding hydrogens is 334 g/mol. The molecule has 0 radical (unpaired) electrons. The number of carbonyl (C=O) groups is 2. The largest absolute Gasteiger partial charge is 0.458 e. The lowest BCUT2D eigenvalue weighted by Gasteiger charge is -2.36. The van der Waals surface area contributed by atoms with E-state index in [9.17, 15) is 9.59 Å². The molecule has 0 bridgehead atoms. The van der Waals surface area contributed by atoms with Crippen LogP contribution in [0.5, 0.6) is 0 Å². The number of hydrogen-bond donors (Lipinski definition) is 1. The molecule has 1 saturated carbocycles. The predicted molar refractivity (Wildman–Crippen MR) is 92.5 cm³/mol. The topological polar surface area (TPSA) is 99.0 Å². The van der Waals surface area contributed by atoms with Crippen LogP contribution in [-0.4, -0.2) is 37.7 Å². The van der Waals surface area contributed by atoms with Crippen molar-refractivity contribution in [1.82, 2.24) is 20.2 Å². The number of carbonyl (C=O) groups excluding carboxylic acids is 2. The van der Waals surface area contributed by atoms with Gasteiger partial charge in [0.05, 0.1) is 18.0 Å². The summed E-state index contributed by atoms with van der Waals surface area (Å²) in [6.07, 6.45) is 4.79. The minimum Gasteiger partial charge on any atom is -0.458 e. The van der Waals surface area contributed by atoms with Crippen molar-refractivity contribution >= 4 is 17.6 Å². The Hall–Kier alpha value is -2.77. The second-order valence-electron chi connectivity index (χ2n) is 7.03. The lowest BCUT2D eigenvalue weighted by atomic mass is 9.75. The first-order valence-electron chi connectivity index (χ1n) is 8.95. The quantitative estimate of drug-likeness (QED) is 0.847. The van der Waals surface area contributed by atoms with Gasteiger partial charge in [0, 0.05) is 5.69 Å². The van der Waals surface area contributed by atoms with E-state index in [2.05, 4.69) is 20.8 Å². The van der Waals surface area contributed by atoms with Crippen LogP contribution in [-0.2, 0) is 14.3 Å². The van der Waals surface area contributed by atoms with Gasteiger partial charge < -0.3 is 10.1 Å². The summed E-state index contributed by atoms with van der Waals surface area (Å²) < 4.78 is 7.23. The number of tetrazole rings is 1. The summed E-state index contributed by atoms with van der Waals surface area (Å²) in [7, 11) is 0. The normalized spacial score (nSPS) is 21.6. The van der Waals surface area contributed by atoms with Crippen LogP contribution in [0.1, 0.15) is 44.3 Å². The maximum atomic E-state index is 12.9. The molecule has 4 rings (SSSR count). The molecule has 2 aliphatic rings. The van der Waals surface area contributed by atoms with Crippen LogP contribution in [0, 0.1) is 12.8 Å². The fraction of sp³-hybridized carbons (Fsp3) is 0.500. The molecule has 1 aromatic heterocycles.